The summed E-state index contributed by atoms with van der Waals surface area (Å²) in [5, 5.41) is 8.44. The third kappa shape index (κ3) is 3.96. The first-order valence-corrected chi connectivity index (χ1v) is 6.54. The number of amides is 1. The fourth-order valence-corrected chi connectivity index (χ4v) is 2.17. The maximum atomic E-state index is 11.8. The lowest BCUT2D eigenvalue weighted by molar-refractivity contribution is -0.145. The Labute approximate surface area is 117 Å². The summed E-state index contributed by atoms with van der Waals surface area (Å²) in [5.74, 6) is -1.22. The van der Waals surface area contributed by atoms with Crippen molar-refractivity contribution in [1.29, 1.82) is 0 Å². The van der Waals surface area contributed by atoms with Crippen LogP contribution in [-0.4, -0.2) is 61.3 Å². The number of hydrogen-bond acceptors (Lipinski definition) is 4. The van der Waals surface area contributed by atoms with Crippen LogP contribution in [0.25, 0.3) is 0 Å². The third-order valence-corrected chi connectivity index (χ3v) is 3.20. The number of aliphatic carboxylic acids is 1. The van der Waals surface area contributed by atoms with E-state index in [1.165, 1.54) is 0 Å². The van der Waals surface area contributed by atoms with Gasteiger partial charge in [0.2, 0.25) is 5.91 Å². The Morgan fingerprint density at radius 3 is 2.30 bits per heavy atom. The first kappa shape index (κ1) is 14.3. The molecule has 1 N–H and O–H groups in total. The maximum absolute atomic E-state index is 11.8. The molecule has 20 heavy (non-hydrogen) atoms. The number of rotatable bonds is 5. The fraction of sp³-hybridized carbons (Fsp3) is 0.429. The van der Waals surface area contributed by atoms with Crippen LogP contribution in [0, 0.1) is 0 Å². The van der Waals surface area contributed by atoms with E-state index in [1.807, 2.05) is 30.3 Å². The summed E-state index contributed by atoms with van der Waals surface area (Å²) in [4.78, 5) is 26.0. The molecule has 1 fully saturated rings. The number of para-hydroxylation sites is 1. The van der Waals surface area contributed by atoms with E-state index in [0.717, 1.165) is 18.8 Å². The second-order valence-corrected chi connectivity index (χ2v) is 4.59. The van der Waals surface area contributed by atoms with E-state index >= 15 is 0 Å². The number of piperazine rings is 1. The highest BCUT2D eigenvalue weighted by atomic mass is 16.5. The lowest BCUT2D eigenvalue weighted by atomic mass is 10.2. The van der Waals surface area contributed by atoms with Gasteiger partial charge in [-0.1, -0.05) is 18.2 Å². The molecule has 6 heteroatoms. The van der Waals surface area contributed by atoms with Crippen LogP contribution in [0.3, 0.4) is 0 Å². The maximum Gasteiger partial charge on any atom is 0.329 e. The molecule has 0 atom stereocenters. The van der Waals surface area contributed by atoms with Gasteiger partial charge >= 0.3 is 5.97 Å². The molecular weight excluding hydrogens is 260 g/mol. The quantitative estimate of drug-likeness (QED) is 0.846. The lowest BCUT2D eigenvalue weighted by Crippen LogP contribution is -2.49. The topological polar surface area (TPSA) is 70.1 Å². The van der Waals surface area contributed by atoms with Crippen molar-refractivity contribution in [1.82, 2.24) is 4.90 Å². The SMILES string of the molecule is O=C(O)COCC(=O)N1CCN(c2ccccc2)CC1. The van der Waals surface area contributed by atoms with Crippen LogP contribution < -0.4 is 4.90 Å². The number of ether oxygens (including phenoxy) is 1. The summed E-state index contributed by atoms with van der Waals surface area (Å²) >= 11 is 0. The molecule has 0 aliphatic carbocycles. The second-order valence-electron chi connectivity index (χ2n) is 4.59. The molecule has 0 spiro atoms. The Balaban J connectivity index is 1.76. The highest BCUT2D eigenvalue weighted by Gasteiger charge is 2.21. The molecule has 0 bridgehead atoms. The number of carboxylic acid groups (broad SMARTS) is 1. The molecule has 0 saturated carbocycles. The van der Waals surface area contributed by atoms with Crippen LogP contribution in [0.1, 0.15) is 0 Å². The first-order chi connectivity index (χ1) is 9.66. The van der Waals surface area contributed by atoms with E-state index in [9.17, 15) is 9.59 Å². The minimum atomic E-state index is -1.06. The standard InChI is InChI=1S/C14H18N2O4/c17-13(10-20-11-14(18)19)16-8-6-15(7-9-16)12-4-2-1-3-5-12/h1-5H,6-11H2,(H,18,19). The van der Waals surface area contributed by atoms with Crippen molar-refractivity contribution in [3.05, 3.63) is 30.3 Å². The number of benzene rings is 1. The second kappa shape index (κ2) is 6.91. The number of carbonyl (C=O) groups excluding carboxylic acids is 1. The van der Waals surface area contributed by atoms with Crippen LogP contribution in [0.5, 0.6) is 0 Å². The molecule has 1 heterocycles. The number of hydrogen-bond donors (Lipinski definition) is 1. The van der Waals surface area contributed by atoms with Crippen molar-refractivity contribution < 1.29 is 19.4 Å². The van der Waals surface area contributed by atoms with Gasteiger partial charge in [0.05, 0.1) is 0 Å². The summed E-state index contributed by atoms with van der Waals surface area (Å²) < 4.78 is 4.82. The van der Waals surface area contributed by atoms with E-state index in [1.54, 1.807) is 4.90 Å². The molecule has 2 rings (SSSR count). The summed E-state index contributed by atoms with van der Waals surface area (Å²) in [6.07, 6.45) is 0. The van der Waals surface area contributed by atoms with Crippen molar-refractivity contribution in [2.75, 3.05) is 44.3 Å². The zero-order valence-corrected chi connectivity index (χ0v) is 11.2. The Bertz CT molecular complexity index is 456. The van der Waals surface area contributed by atoms with Gasteiger partial charge in [0.15, 0.2) is 0 Å². The van der Waals surface area contributed by atoms with E-state index in [0.29, 0.717) is 13.1 Å². The molecule has 0 radical (unpaired) electrons. The third-order valence-electron chi connectivity index (χ3n) is 3.20. The van der Waals surface area contributed by atoms with Gasteiger partial charge in [-0.25, -0.2) is 4.79 Å². The van der Waals surface area contributed by atoms with Crippen LogP contribution in [-0.2, 0) is 14.3 Å². The smallest absolute Gasteiger partial charge is 0.329 e. The predicted molar refractivity (Wildman–Crippen MR) is 73.7 cm³/mol. The van der Waals surface area contributed by atoms with Gasteiger partial charge in [-0.05, 0) is 12.1 Å². The Morgan fingerprint density at radius 1 is 1.05 bits per heavy atom. The van der Waals surface area contributed by atoms with Crippen LogP contribution >= 0.6 is 0 Å². The molecule has 0 aromatic heterocycles. The van der Waals surface area contributed by atoms with Crippen molar-refractivity contribution >= 4 is 17.6 Å². The minimum Gasteiger partial charge on any atom is -0.480 e. The normalized spacial score (nSPS) is 15.2. The fourth-order valence-electron chi connectivity index (χ4n) is 2.17. The van der Waals surface area contributed by atoms with Crippen molar-refractivity contribution in [3.8, 4) is 0 Å². The first-order valence-electron chi connectivity index (χ1n) is 6.54. The summed E-state index contributed by atoms with van der Waals surface area (Å²) in [7, 11) is 0. The summed E-state index contributed by atoms with van der Waals surface area (Å²) in [6, 6.07) is 10.1. The number of anilines is 1. The Kier molecular flexibility index (Phi) is 4.95. The largest absolute Gasteiger partial charge is 0.480 e. The molecule has 1 saturated heterocycles. The molecule has 1 amide bonds. The highest BCUT2D eigenvalue weighted by Crippen LogP contribution is 2.15. The van der Waals surface area contributed by atoms with Crippen molar-refractivity contribution in [2.45, 2.75) is 0 Å². The van der Waals surface area contributed by atoms with Gasteiger partial charge in [-0.2, -0.15) is 0 Å². The zero-order chi connectivity index (χ0) is 14.4. The monoisotopic (exact) mass is 278 g/mol. The predicted octanol–water partition coefficient (Wildman–Crippen LogP) is 0.436. The highest BCUT2D eigenvalue weighted by molar-refractivity contribution is 5.78. The number of carbonyl (C=O) groups is 2. The van der Waals surface area contributed by atoms with Crippen molar-refractivity contribution in [3.63, 3.8) is 0 Å². The molecule has 0 unspecified atom stereocenters. The van der Waals surface area contributed by atoms with Crippen LogP contribution in [0.4, 0.5) is 5.69 Å². The Hall–Kier alpha value is -2.08. The van der Waals surface area contributed by atoms with Gasteiger partial charge in [-0.3, -0.25) is 4.79 Å². The van der Waals surface area contributed by atoms with Gasteiger partial charge in [0.1, 0.15) is 13.2 Å². The van der Waals surface area contributed by atoms with E-state index in [2.05, 4.69) is 4.90 Å². The average molecular weight is 278 g/mol. The van der Waals surface area contributed by atoms with Gasteiger partial charge in [-0.15, -0.1) is 0 Å². The Morgan fingerprint density at radius 2 is 1.70 bits per heavy atom. The van der Waals surface area contributed by atoms with Crippen LogP contribution in [0.15, 0.2) is 30.3 Å². The molecule has 1 aliphatic rings. The molecule has 6 nitrogen and oxygen atoms in total. The van der Waals surface area contributed by atoms with Gasteiger partial charge < -0.3 is 19.6 Å². The molecule has 1 aromatic rings. The van der Waals surface area contributed by atoms with Gasteiger partial charge in [0.25, 0.3) is 0 Å². The van der Waals surface area contributed by atoms with Crippen LogP contribution in [0.2, 0.25) is 0 Å². The molecule has 1 aliphatic heterocycles. The molecule has 1 aromatic carbocycles. The van der Waals surface area contributed by atoms with E-state index < -0.39 is 12.6 Å². The van der Waals surface area contributed by atoms with Crippen molar-refractivity contribution in [2.24, 2.45) is 0 Å². The van der Waals surface area contributed by atoms with E-state index in [4.69, 9.17) is 9.84 Å². The minimum absolute atomic E-state index is 0.154. The number of nitrogens with zero attached hydrogens (tertiary/aromatic N) is 2. The average Bonchev–Trinajstić information content (AvgIpc) is 2.48. The molecular formula is C14H18N2O4. The number of carboxylic acids is 1. The zero-order valence-electron chi connectivity index (χ0n) is 11.2. The van der Waals surface area contributed by atoms with Gasteiger partial charge in [0, 0.05) is 31.9 Å². The molecule has 108 valence electrons. The summed E-state index contributed by atoms with van der Waals surface area (Å²) in [5.41, 5.74) is 1.15. The van der Waals surface area contributed by atoms with E-state index in [-0.39, 0.29) is 12.5 Å². The lowest BCUT2D eigenvalue weighted by Gasteiger charge is -2.36. The summed E-state index contributed by atoms with van der Waals surface area (Å²) in [6.45, 7) is 2.20.